The van der Waals surface area contributed by atoms with Crippen LogP contribution in [-0.4, -0.2) is 26.1 Å². The van der Waals surface area contributed by atoms with Crippen molar-refractivity contribution in [1.29, 1.82) is 0 Å². The number of amides is 1. The van der Waals surface area contributed by atoms with Crippen molar-refractivity contribution >= 4 is 21.6 Å². The summed E-state index contributed by atoms with van der Waals surface area (Å²) in [4.78, 5) is 11.8. The van der Waals surface area contributed by atoms with E-state index in [0.29, 0.717) is 17.7 Å². The molecule has 29 heavy (non-hydrogen) atoms. The zero-order valence-corrected chi connectivity index (χ0v) is 18.1. The minimum Gasteiger partial charge on any atom is -0.326 e. The standard InChI is InChI=1S/C22H29FN2O3S/c1-5-7-21(26)25-20-9-6-8-18(14-20)17-10-12-19(13-11-17)22(4,23)15-24-29(27,28)16(2)3/h6,8-14,16,24H,5,7,15H2,1-4H3,(H,25,26). The van der Waals surface area contributed by atoms with E-state index in [1.54, 1.807) is 38.1 Å². The first-order valence-corrected chi connectivity index (χ1v) is 11.3. The van der Waals surface area contributed by atoms with Gasteiger partial charge in [-0.25, -0.2) is 17.5 Å². The molecule has 0 bridgehead atoms. The third kappa shape index (κ3) is 6.37. The Morgan fingerprint density at radius 1 is 1.10 bits per heavy atom. The lowest BCUT2D eigenvalue weighted by Gasteiger charge is -2.22. The van der Waals surface area contributed by atoms with Gasteiger partial charge in [-0.15, -0.1) is 0 Å². The summed E-state index contributed by atoms with van der Waals surface area (Å²) in [5, 5.41) is 2.24. The average Bonchev–Trinajstić information content (AvgIpc) is 2.67. The van der Waals surface area contributed by atoms with E-state index in [1.807, 2.05) is 31.2 Å². The molecule has 1 unspecified atom stereocenters. The fraction of sp³-hybridized carbons (Fsp3) is 0.409. The molecule has 5 nitrogen and oxygen atoms in total. The van der Waals surface area contributed by atoms with Gasteiger partial charge in [0, 0.05) is 18.7 Å². The van der Waals surface area contributed by atoms with Gasteiger partial charge < -0.3 is 5.32 Å². The lowest BCUT2D eigenvalue weighted by atomic mass is 9.95. The number of nitrogens with one attached hydrogen (secondary N) is 2. The topological polar surface area (TPSA) is 75.3 Å². The van der Waals surface area contributed by atoms with Crippen LogP contribution in [0.25, 0.3) is 11.1 Å². The van der Waals surface area contributed by atoms with Crippen LogP contribution in [-0.2, 0) is 20.5 Å². The smallest absolute Gasteiger partial charge is 0.224 e. The molecule has 0 spiro atoms. The Morgan fingerprint density at radius 2 is 1.76 bits per heavy atom. The van der Waals surface area contributed by atoms with Crippen molar-refractivity contribution in [3.63, 3.8) is 0 Å². The van der Waals surface area contributed by atoms with Gasteiger partial charge in [0.15, 0.2) is 0 Å². The van der Waals surface area contributed by atoms with Gasteiger partial charge in [0.05, 0.1) is 5.25 Å². The number of sulfonamides is 1. The van der Waals surface area contributed by atoms with Crippen LogP contribution < -0.4 is 10.0 Å². The monoisotopic (exact) mass is 420 g/mol. The summed E-state index contributed by atoms with van der Waals surface area (Å²) in [5.41, 5.74) is 1.03. The Balaban J connectivity index is 2.14. The quantitative estimate of drug-likeness (QED) is 0.622. The van der Waals surface area contributed by atoms with Gasteiger partial charge in [0.25, 0.3) is 0 Å². The van der Waals surface area contributed by atoms with Crippen molar-refractivity contribution in [2.75, 3.05) is 11.9 Å². The maximum Gasteiger partial charge on any atom is 0.224 e. The fourth-order valence-electron chi connectivity index (χ4n) is 2.74. The second kappa shape index (κ2) is 9.50. The van der Waals surface area contributed by atoms with E-state index in [1.165, 1.54) is 6.92 Å². The van der Waals surface area contributed by atoms with Gasteiger partial charge in [0.1, 0.15) is 5.67 Å². The third-order valence-electron chi connectivity index (χ3n) is 4.67. The first-order chi connectivity index (χ1) is 13.5. The molecule has 2 aromatic carbocycles. The number of alkyl halides is 1. The van der Waals surface area contributed by atoms with E-state index in [4.69, 9.17) is 0 Å². The molecule has 2 N–H and O–H groups in total. The SMILES string of the molecule is CCCC(=O)Nc1cccc(-c2ccc(C(C)(F)CNS(=O)(=O)C(C)C)cc2)c1. The summed E-state index contributed by atoms with van der Waals surface area (Å²) >= 11 is 0. The lowest BCUT2D eigenvalue weighted by Crippen LogP contribution is -2.39. The second-order valence-electron chi connectivity index (χ2n) is 7.57. The summed E-state index contributed by atoms with van der Waals surface area (Å²) in [6, 6.07) is 14.3. The van der Waals surface area contributed by atoms with Gasteiger partial charge in [-0.05, 0) is 56.0 Å². The van der Waals surface area contributed by atoms with Crippen LogP contribution in [0.2, 0.25) is 0 Å². The van der Waals surface area contributed by atoms with Gasteiger partial charge in [-0.1, -0.05) is 43.3 Å². The van der Waals surface area contributed by atoms with Crippen LogP contribution in [0.3, 0.4) is 0 Å². The predicted octanol–water partition coefficient (Wildman–Crippen LogP) is 4.60. The second-order valence-corrected chi connectivity index (χ2v) is 9.89. The molecule has 0 saturated carbocycles. The molecule has 1 atom stereocenters. The van der Waals surface area contributed by atoms with Crippen molar-refractivity contribution in [3.05, 3.63) is 54.1 Å². The Bertz CT molecular complexity index is 939. The highest BCUT2D eigenvalue weighted by atomic mass is 32.2. The summed E-state index contributed by atoms with van der Waals surface area (Å²) in [6.45, 7) is 6.07. The molecule has 0 fully saturated rings. The van der Waals surface area contributed by atoms with Crippen molar-refractivity contribution in [2.24, 2.45) is 0 Å². The van der Waals surface area contributed by atoms with Crippen LogP contribution in [0.15, 0.2) is 48.5 Å². The third-order valence-corrected chi connectivity index (χ3v) is 6.46. The van der Waals surface area contributed by atoms with Crippen LogP contribution in [0.4, 0.5) is 10.1 Å². The Hall–Kier alpha value is -2.25. The van der Waals surface area contributed by atoms with E-state index >= 15 is 4.39 Å². The maximum atomic E-state index is 15.1. The van der Waals surface area contributed by atoms with Crippen molar-refractivity contribution in [2.45, 2.75) is 51.5 Å². The molecule has 0 aliphatic carbocycles. The minimum absolute atomic E-state index is 0.0305. The van der Waals surface area contributed by atoms with E-state index in [2.05, 4.69) is 10.0 Å². The predicted molar refractivity (Wildman–Crippen MR) is 116 cm³/mol. The summed E-state index contributed by atoms with van der Waals surface area (Å²) in [6.07, 6.45) is 1.25. The van der Waals surface area contributed by atoms with Crippen LogP contribution in [0.1, 0.15) is 46.1 Å². The van der Waals surface area contributed by atoms with E-state index < -0.39 is 20.9 Å². The molecule has 0 saturated heterocycles. The Kier molecular flexibility index (Phi) is 7.54. The molecule has 158 valence electrons. The molecule has 0 heterocycles. The maximum absolute atomic E-state index is 15.1. The van der Waals surface area contributed by atoms with Crippen molar-refractivity contribution in [1.82, 2.24) is 4.72 Å². The van der Waals surface area contributed by atoms with Crippen LogP contribution in [0, 0.1) is 0 Å². The van der Waals surface area contributed by atoms with Gasteiger partial charge >= 0.3 is 0 Å². The minimum atomic E-state index is -3.53. The number of benzene rings is 2. The largest absolute Gasteiger partial charge is 0.326 e. The highest BCUT2D eigenvalue weighted by Crippen LogP contribution is 2.29. The first-order valence-electron chi connectivity index (χ1n) is 9.73. The molecule has 0 aromatic heterocycles. The number of halogens is 1. The number of carbonyl (C=O) groups excluding carboxylic acids is 1. The zero-order chi connectivity index (χ0) is 21.7. The van der Waals surface area contributed by atoms with E-state index in [-0.39, 0.29) is 12.5 Å². The Morgan fingerprint density at radius 3 is 2.34 bits per heavy atom. The number of carbonyl (C=O) groups is 1. The molecule has 2 rings (SSSR count). The molecule has 7 heteroatoms. The molecule has 0 aliphatic rings. The summed E-state index contributed by atoms with van der Waals surface area (Å²) < 4.78 is 41.2. The molecule has 2 aromatic rings. The lowest BCUT2D eigenvalue weighted by molar-refractivity contribution is -0.116. The number of hydrogen-bond acceptors (Lipinski definition) is 3. The Labute approximate surface area is 172 Å². The van der Waals surface area contributed by atoms with E-state index in [0.717, 1.165) is 17.5 Å². The normalized spacial score (nSPS) is 13.9. The number of hydrogen-bond donors (Lipinski definition) is 2. The molecule has 0 radical (unpaired) electrons. The first kappa shape index (κ1) is 23.0. The summed E-state index contributed by atoms with van der Waals surface area (Å²) in [5.74, 6) is -0.0305. The highest BCUT2D eigenvalue weighted by molar-refractivity contribution is 7.90. The molecular formula is C22H29FN2O3S. The highest BCUT2D eigenvalue weighted by Gasteiger charge is 2.29. The van der Waals surface area contributed by atoms with E-state index in [9.17, 15) is 13.2 Å². The van der Waals surface area contributed by atoms with Crippen LogP contribution >= 0.6 is 0 Å². The number of anilines is 1. The summed E-state index contributed by atoms with van der Waals surface area (Å²) in [7, 11) is -3.53. The fourth-order valence-corrected chi connectivity index (χ4v) is 3.55. The van der Waals surface area contributed by atoms with Crippen LogP contribution in [0.5, 0.6) is 0 Å². The van der Waals surface area contributed by atoms with Gasteiger partial charge in [0.2, 0.25) is 15.9 Å². The van der Waals surface area contributed by atoms with Gasteiger partial charge in [-0.2, -0.15) is 0 Å². The molecular weight excluding hydrogens is 391 g/mol. The van der Waals surface area contributed by atoms with Gasteiger partial charge in [-0.3, -0.25) is 4.79 Å². The molecule has 0 aliphatic heterocycles. The average molecular weight is 421 g/mol. The van der Waals surface area contributed by atoms with Crippen molar-refractivity contribution in [3.8, 4) is 11.1 Å². The van der Waals surface area contributed by atoms with Crippen molar-refractivity contribution < 1.29 is 17.6 Å². The molecule has 1 amide bonds. The number of rotatable bonds is 9. The zero-order valence-electron chi connectivity index (χ0n) is 17.3.